The molecule has 1 unspecified atom stereocenters. The van der Waals surface area contributed by atoms with Crippen molar-refractivity contribution in [1.29, 1.82) is 0 Å². The van der Waals surface area contributed by atoms with Crippen molar-refractivity contribution >= 4 is 13.8 Å². The third-order valence-electron chi connectivity index (χ3n) is 2.97. The molecule has 0 fully saturated rings. The summed E-state index contributed by atoms with van der Waals surface area (Å²) in [5, 5.41) is 0. The predicted molar refractivity (Wildman–Crippen MR) is 88.9 cm³/mol. The maximum atomic E-state index is 11.6. The molecule has 0 aliphatic rings. The first-order valence-electron chi connectivity index (χ1n) is 7.88. The highest BCUT2D eigenvalue weighted by Gasteiger charge is 2.21. The number of carbonyl (C=O) groups is 1. The van der Waals surface area contributed by atoms with Crippen LogP contribution in [-0.2, 0) is 23.1 Å². The van der Waals surface area contributed by atoms with Gasteiger partial charge in [0.25, 0.3) is 0 Å². The number of rotatable bonds is 14. The van der Waals surface area contributed by atoms with E-state index in [0.717, 1.165) is 31.8 Å². The second-order valence-electron chi connectivity index (χ2n) is 6.29. The lowest BCUT2D eigenvalue weighted by Crippen LogP contribution is -2.37. The van der Waals surface area contributed by atoms with E-state index >= 15 is 0 Å². The number of esters is 1. The van der Waals surface area contributed by atoms with Crippen molar-refractivity contribution in [3.8, 4) is 0 Å². The van der Waals surface area contributed by atoms with E-state index in [1.54, 1.807) is 0 Å². The van der Waals surface area contributed by atoms with E-state index in [1.165, 1.54) is 0 Å². The number of ether oxygens (including phenoxy) is 1. The fourth-order valence-electron chi connectivity index (χ4n) is 1.61. The molecule has 0 radical (unpaired) electrons. The Balaban J connectivity index is 3.50. The van der Waals surface area contributed by atoms with E-state index < -0.39 is 13.8 Å². The molecule has 0 heterocycles. The number of quaternary nitrogens is 1. The Morgan fingerprint density at radius 2 is 1.57 bits per heavy atom. The minimum absolute atomic E-state index is 0.181. The molecule has 0 aliphatic carbocycles. The first kappa shape index (κ1) is 22.3. The third-order valence-corrected chi connectivity index (χ3v) is 3.99. The molecule has 1 N–H and O–H groups in total. The first-order valence-corrected chi connectivity index (χ1v) is 9.37. The molecule has 0 bridgehead atoms. The summed E-state index contributed by atoms with van der Waals surface area (Å²) in [7, 11) is 1.99. The van der Waals surface area contributed by atoms with E-state index in [0.29, 0.717) is 24.1 Å². The Kier molecular flexibility index (Phi) is 11.4. The maximum Gasteiger partial charge on any atom is 0.472 e. The maximum absolute atomic E-state index is 11.6. The minimum atomic E-state index is -3.94. The Labute approximate surface area is 139 Å². The van der Waals surface area contributed by atoms with Gasteiger partial charge in [-0.1, -0.05) is 25.8 Å². The van der Waals surface area contributed by atoms with Gasteiger partial charge in [-0.15, -0.1) is 0 Å². The van der Waals surface area contributed by atoms with Gasteiger partial charge in [-0.05, 0) is 12.8 Å². The molecule has 0 aromatic carbocycles. The lowest BCUT2D eigenvalue weighted by molar-refractivity contribution is -0.870. The number of carbonyl (C=O) groups excluding carboxylic acids is 1. The molecule has 0 saturated carbocycles. The average molecular weight is 352 g/mol. The minimum Gasteiger partial charge on any atom is -0.463 e. The van der Waals surface area contributed by atoms with Gasteiger partial charge in [-0.2, -0.15) is 0 Å². The highest BCUT2D eigenvalue weighted by Crippen LogP contribution is 2.43. The van der Waals surface area contributed by atoms with Crippen LogP contribution >= 0.6 is 7.82 Å². The number of likely N-dealkylation sites (N-methyl/N-ethyl adjacent to an activating group) is 1. The fraction of sp³-hybridized carbons (Fsp3) is 0.800. The summed E-state index contributed by atoms with van der Waals surface area (Å²) >= 11 is 0. The molecule has 0 aromatic rings. The number of unbranched alkanes of at least 4 members (excludes halogenated alkanes) is 4. The van der Waals surface area contributed by atoms with Crippen LogP contribution in [0.2, 0.25) is 0 Å². The summed E-state index contributed by atoms with van der Waals surface area (Å²) in [5.74, 6) is -0.401. The molecule has 23 heavy (non-hydrogen) atoms. The molecule has 1 atom stereocenters. The van der Waals surface area contributed by atoms with Gasteiger partial charge in [0, 0.05) is 6.08 Å². The van der Waals surface area contributed by atoms with Crippen LogP contribution in [0, 0.1) is 0 Å². The zero-order chi connectivity index (χ0) is 17.8. The predicted octanol–water partition coefficient (Wildman–Crippen LogP) is 2.51. The quantitative estimate of drug-likeness (QED) is 0.170. The first-order chi connectivity index (χ1) is 10.7. The van der Waals surface area contributed by atoms with E-state index in [4.69, 9.17) is 13.8 Å². The summed E-state index contributed by atoms with van der Waals surface area (Å²) in [6.07, 6.45) is 5.40. The second kappa shape index (κ2) is 11.8. The number of hydrogen-bond donors (Lipinski definition) is 1. The average Bonchev–Trinajstić information content (AvgIpc) is 2.43. The smallest absolute Gasteiger partial charge is 0.463 e. The Hall–Kier alpha value is -0.720. The molecule has 0 aromatic heterocycles. The van der Waals surface area contributed by atoms with Gasteiger partial charge >= 0.3 is 13.8 Å². The van der Waals surface area contributed by atoms with Crippen molar-refractivity contribution in [2.75, 3.05) is 47.5 Å². The SMILES string of the molecule is C=CC(=O)OCCCCCCCOP(=O)(O)OCC[N+](C)(C)C. The Morgan fingerprint density at radius 3 is 2.13 bits per heavy atom. The van der Waals surface area contributed by atoms with Crippen molar-refractivity contribution in [2.45, 2.75) is 32.1 Å². The molecule has 136 valence electrons. The lowest BCUT2D eigenvalue weighted by Gasteiger charge is -2.24. The van der Waals surface area contributed by atoms with Crippen molar-refractivity contribution in [1.82, 2.24) is 0 Å². The van der Waals surface area contributed by atoms with Crippen LogP contribution in [0.1, 0.15) is 32.1 Å². The van der Waals surface area contributed by atoms with Gasteiger partial charge < -0.3 is 14.1 Å². The standard InChI is InChI=1S/C15H30NO6P/c1-5-15(17)20-12-9-7-6-8-10-13-21-23(18,19)22-14-11-16(2,3)4/h5H,1,6-14H2,2-4H3/p+1. The summed E-state index contributed by atoms with van der Waals surface area (Å²) in [6, 6.07) is 0. The molecule has 0 rings (SSSR count). The van der Waals surface area contributed by atoms with Gasteiger partial charge in [0.1, 0.15) is 13.2 Å². The molecule has 0 aliphatic heterocycles. The van der Waals surface area contributed by atoms with E-state index in [1.807, 2.05) is 21.1 Å². The van der Waals surface area contributed by atoms with E-state index in [9.17, 15) is 14.3 Å². The summed E-state index contributed by atoms with van der Waals surface area (Å²) < 4.78 is 27.0. The zero-order valence-electron chi connectivity index (χ0n) is 14.5. The fourth-order valence-corrected chi connectivity index (χ4v) is 2.36. The normalized spacial score (nSPS) is 14.3. The Bertz CT molecular complexity index is 394. The molecule has 8 heteroatoms. The highest BCUT2D eigenvalue weighted by atomic mass is 31.2. The summed E-state index contributed by atoms with van der Waals surface area (Å²) in [5.41, 5.74) is 0. The molecule has 0 spiro atoms. The van der Waals surface area contributed by atoms with Crippen molar-refractivity contribution in [2.24, 2.45) is 0 Å². The van der Waals surface area contributed by atoms with Crippen LogP contribution in [0.4, 0.5) is 0 Å². The van der Waals surface area contributed by atoms with Gasteiger partial charge in [-0.25, -0.2) is 9.36 Å². The summed E-state index contributed by atoms with van der Waals surface area (Å²) in [6.45, 7) is 4.72. The van der Waals surface area contributed by atoms with Crippen molar-refractivity contribution < 1.29 is 32.5 Å². The monoisotopic (exact) mass is 352 g/mol. The van der Waals surface area contributed by atoms with Crippen LogP contribution in [0.15, 0.2) is 12.7 Å². The number of phosphoric ester groups is 1. The van der Waals surface area contributed by atoms with Gasteiger partial charge in [-0.3, -0.25) is 9.05 Å². The van der Waals surface area contributed by atoms with E-state index in [-0.39, 0.29) is 13.2 Å². The van der Waals surface area contributed by atoms with Crippen LogP contribution in [0.5, 0.6) is 0 Å². The topological polar surface area (TPSA) is 82.1 Å². The highest BCUT2D eigenvalue weighted by molar-refractivity contribution is 7.47. The number of phosphoric acid groups is 1. The van der Waals surface area contributed by atoms with Gasteiger partial charge in [0.15, 0.2) is 0 Å². The lowest BCUT2D eigenvalue weighted by atomic mass is 10.1. The second-order valence-corrected chi connectivity index (χ2v) is 7.74. The third kappa shape index (κ3) is 15.9. The van der Waals surface area contributed by atoms with Crippen molar-refractivity contribution in [3.05, 3.63) is 12.7 Å². The number of nitrogens with zero attached hydrogens (tertiary/aromatic N) is 1. The van der Waals surface area contributed by atoms with Gasteiger partial charge in [0.2, 0.25) is 0 Å². The molecular formula is C15H31NO6P+. The number of hydrogen-bond acceptors (Lipinski definition) is 5. The van der Waals surface area contributed by atoms with Crippen LogP contribution in [0.25, 0.3) is 0 Å². The van der Waals surface area contributed by atoms with Crippen LogP contribution in [-0.4, -0.2) is 62.9 Å². The van der Waals surface area contributed by atoms with E-state index in [2.05, 4.69) is 6.58 Å². The largest absolute Gasteiger partial charge is 0.472 e. The molecule has 7 nitrogen and oxygen atoms in total. The Morgan fingerprint density at radius 1 is 1.04 bits per heavy atom. The van der Waals surface area contributed by atoms with Crippen LogP contribution < -0.4 is 0 Å². The summed E-state index contributed by atoms with van der Waals surface area (Å²) in [4.78, 5) is 20.3. The van der Waals surface area contributed by atoms with Crippen molar-refractivity contribution in [3.63, 3.8) is 0 Å². The molecular weight excluding hydrogens is 321 g/mol. The molecule has 0 saturated heterocycles. The van der Waals surface area contributed by atoms with Crippen LogP contribution in [0.3, 0.4) is 0 Å². The zero-order valence-corrected chi connectivity index (χ0v) is 15.4. The molecule has 0 amide bonds. The van der Waals surface area contributed by atoms with Gasteiger partial charge in [0.05, 0.1) is 34.4 Å².